The van der Waals surface area contributed by atoms with E-state index in [9.17, 15) is 9.59 Å². The Balaban J connectivity index is 0.00000450. The van der Waals surface area contributed by atoms with Crippen LogP contribution in [0, 0.1) is 5.92 Å². The molecule has 1 heterocycles. The van der Waals surface area contributed by atoms with E-state index in [1.165, 1.54) is 0 Å². The number of hydrogen-bond acceptors (Lipinski definition) is 3. The van der Waals surface area contributed by atoms with E-state index in [2.05, 4.69) is 10.2 Å². The van der Waals surface area contributed by atoms with Crippen molar-refractivity contribution in [3.63, 3.8) is 0 Å². The van der Waals surface area contributed by atoms with Gasteiger partial charge >= 0.3 is 0 Å². The quantitative estimate of drug-likeness (QED) is 0.308. The van der Waals surface area contributed by atoms with Gasteiger partial charge in [-0.25, -0.2) is 4.99 Å². The maximum Gasteiger partial charge on any atom is 0.253 e. The third-order valence-corrected chi connectivity index (χ3v) is 5.31. The standard InChI is InChI=1S/C22H35N5O2.HI/c1-4-24-22(27-13-7-8-18(16-27)14-20(23)28)25-15-17-9-11-19(12-10-17)21(29)26(5-2)6-3;/h9-12,18H,4-8,13-16H2,1-3H3,(H2,23,28)(H,24,25);1H. The molecule has 30 heavy (non-hydrogen) atoms. The number of nitrogens with one attached hydrogen (secondary N) is 1. The predicted octanol–water partition coefficient (Wildman–Crippen LogP) is 2.84. The summed E-state index contributed by atoms with van der Waals surface area (Å²) < 4.78 is 0. The van der Waals surface area contributed by atoms with Crippen molar-refractivity contribution in [1.82, 2.24) is 15.1 Å². The summed E-state index contributed by atoms with van der Waals surface area (Å²) in [4.78, 5) is 32.5. The van der Waals surface area contributed by atoms with E-state index in [1.54, 1.807) is 0 Å². The highest BCUT2D eigenvalue weighted by atomic mass is 127. The summed E-state index contributed by atoms with van der Waals surface area (Å²) in [6.45, 7) is 10.5. The minimum Gasteiger partial charge on any atom is -0.370 e. The van der Waals surface area contributed by atoms with E-state index in [4.69, 9.17) is 10.7 Å². The van der Waals surface area contributed by atoms with Gasteiger partial charge in [-0.1, -0.05) is 12.1 Å². The first-order valence-corrected chi connectivity index (χ1v) is 10.7. The Bertz CT molecular complexity index is 704. The molecule has 8 heteroatoms. The van der Waals surface area contributed by atoms with Crippen molar-refractivity contribution >= 4 is 41.8 Å². The number of carbonyl (C=O) groups excluding carboxylic acids is 2. The Morgan fingerprint density at radius 2 is 1.87 bits per heavy atom. The number of nitrogens with zero attached hydrogens (tertiary/aromatic N) is 3. The normalized spacial score (nSPS) is 16.6. The first-order valence-electron chi connectivity index (χ1n) is 10.7. The number of amides is 2. The number of piperidine rings is 1. The zero-order valence-electron chi connectivity index (χ0n) is 18.4. The first-order chi connectivity index (χ1) is 14.0. The van der Waals surface area contributed by atoms with Crippen LogP contribution in [0.25, 0.3) is 0 Å². The van der Waals surface area contributed by atoms with Crippen LogP contribution in [-0.4, -0.2) is 60.3 Å². The van der Waals surface area contributed by atoms with E-state index >= 15 is 0 Å². The molecule has 1 aromatic rings. The van der Waals surface area contributed by atoms with Crippen molar-refractivity contribution in [1.29, 1.82) is 0 Å². The molecule has 7 nitrogen and oxygen atoms in total. The average molecular weight is 529 g/mol. The minimum absolute atomic E-state index is 0. The van der Waals surface area contributed by atoms with Crippen LogP contribution in [0.3, 0.4) is 0 Å². The predicted molar refractivity (Wildman–Crippen MR) is 132 cm³/mol. The van der Waals surface area contributed by atoms with E-state index in [1.807, 2.05) is 49.9 Å². The second kappa shape index (κ2) is 13.5. The molecular formula is C22H36IN5O2. The van der Waals surface area contributed by atoms with Gasteiger partial charge in [-0.3, -0.25) is 9.59 Å². The third-order valence-electron chi connectivity index (χ3n) is 5.31. The van der Waals surface area contributed by atoms with Crippen molar-refractivity contribution < 1.29 is 9.59 Å². The maximum atomic E-state index is 12.4. The van der Waals surface area contributed by atoms with Gasteiger partial charge in [0, 0.05) is 44.7 Å². The van der Waals surface area contributed by atoms with Crippen molar-refractivity contribution in [2.75, 3.05) is 32.7 Å². The maximum absolute atomic E-state index is 12.4. The highest BCUT2D eigenvalue weighted by Crippen LogP contribution is 2.19. The lowest BCUT2D eigenvalue weighted by Gasteiger charge is -2.34. The molecule has 3 N–H and O–H groups in total. The number of rotatable bonds is 8. The summed E-state index contributed by atoms with van der Waals surface area (Å²) in [5, 5.41) is 3.36. The Labute approximate surface area is 197 Å². The molecule has 0 saturated carbocycles. The van der Waals surface area contributed by atoms with Gasteiger partial charge in [0.2, 0.25) is 5.91 Å². The molecule has 1 unspecified atom stereocenters. The zero-order chi connectivity index (χ0) is 21.2. The molecule has 2 amide bonds. The van der Waals surface area contributed by atoms with Gasteiger partial charge < -0.3 is 20.9 Å². The molecule has 0 bridgehead atoms. The largest absolute Gasteiger partial charge is 0.370 e. The summed E-state index contributed by atoms with van der Waals surface area (Å²) in [6.07, 6.45) is 2.49. The third kappa shape index (κ3) is 7.77. The fourth-order valence-corrected chi connectivity index (χ4v) is 3.75. The highest BCUT2D eigenvalue weighted by molar-refractivity contribution is 14.0. The molecule has 0 aliphatic carbocycles. The molecule has 168 valence electrons. The Kier molecular flexibility index (Phi) is 11.8. The molecule has 1 aromatic carbocycles. The molecule has 0 spiro atoms. The van der Waals surface area contributed by atoms with Crippen LogP contribution < -0.4 is 11.1 Å². The van der Waals surface area contributed by atoms with Crippen molar-refractivity contribution in [2.24, 2.45) is 16.6 Å². The minimum atomic E-state index is -0.238. The molecule has 1 aliphatic rings. The van der Waals surface area contributed by atoms with Crippen molar-refractivity contribution in [3.8, 4) is 0 Å². The summed E-state index contributed by atoms with van der Waals surface area (Å²) >= 11 is 0. The van der Waals surface area contributed by atoms with Crippen LogP contribution in [0.1, 0.15) is 56.0 Å². The van der Waals surface area contributed by atoms with Crippen LogP contribution in [0.2, 0.25) is 0 Å². The molecule has 1 atom stereocenters. The van der Waals surface area contributed by atoms with Gasteiger partial charge in [0.25, 0.3) is 5.91 Å². The van der Waals surface area contributed by atoms with E-state index in [0.29, 0.717) is 31.6 Å². The van der Waals surface area contributed by atoms with Crippen LogP contribution in [-0.2, 0) is 11.3 Å². The average Bonchev–Trinajstić information content (AvgIpc) is 2.72. The van der Waals surface area contributed by atoms with E-state index < -0.39 is 0 Å². The summed E-state index contributed by atoms with van der Waals surface area (Å²) in [6, 6.07) is 7.69. The second-order valence-corrected chi connectivity index (χ2v) is 7.47. The van der Waals surface area contributed by atoms with Crippen molar-refractivity contribution in [2.45, 2.75) is 46.6 Å². The lowest BCUT2D eigenvalue weighted by Crippen LogP contribution is -2.47. The zero-order valence-corrected chi connectivity index (χ0v) is 20.7. The number of likely N-dealkylation sites (tertiary alicyclic amines) is 1. The van der Waals surface area contributed by atoms with E-state index in [0.717, 1.165) is 44.0 Å². The van der Waals surface area contributed by atoms with Gasteiger partial charge in [-0.2, -0.15) is 0 Å². The Hall–Kier alpha value is -1.84. The van der Waals surface area contributed by atoms with E-state index in [-0.39, 0.29) is 41.7 Å². The number of halogens is 1. The molecule has 1 fully saturated rings. The first kappa shape index (κ1) is 26.2. The molecular weight excluding hydrogens is 493 g/mol. The molecule has 1 saturated heterocycles. The molecule has 2 rings (SSSR count). The van der Waals surface area contributed by atoms with Gasteiger partial charge in [-0.05, 0) is 57.2 Å². The number of hydrogen-bond donors (Lipinski definition) is 2. The van der Waals surface area contributed by atoms with Crippen molar-refractivity contribution in [3.05, 3.63) is 35.4 Å². The SMILES string of the molecule is CCNC(=NCc1ccc(C(=O)N(CC)CC)cc1)N1CCCC(CC(N)=O)C1.I. The summed E-state index contributed by atoms with van der Waals surface area (Å²) in [7, 11) is 0. The number of primary amides is 1. The van der Waals surface area contributed by atoms with Gasteiger partial charge in [0.05, 0.1) is 6.54 Å². The number of benzene rings is 1. The fourth-order valence-electron chi connectivity index (χ4n) is 3.75. The number of guanidine groups is 1. The monoisotopic (exact) mass is 529 g/mol. The van der Waals surface area contributed by atoms with Crippen LogP contribution in [0.4, 0.5) is 0 Å². The lowest BCUT2D eigenvalue weighted by atomic mass is 9.95. The smallest absolute Gasteiger partial charge is 0.253 e. The van der Waals surface area contributed by atoms with Gasteiger partial charge in [-0.15, -0.1) is 24.0 Å². The molecule has 0 aromatic heterocycles. The van der Waals surface area contributed by atoms with Gasteiger partial charge in [0.1, 0.15) is 0 Å². The fraction of sp³-hybridized carbons (Fsp3) is 0.591. The lowest BCUT2D eigenvalue weighted by molar-refractivity contribution is -0.119. The molecule has 1 aliphatic heterocycles. The van der Waals surface area contributed by atoms with Gasteiger partial charge in [0.15, 0.2) is 5.96 Å². The highest BCUT2D eigenvalue weighted by Gasteiger charge is 2.23. The Morgan fingerprint density at radius 3 is 2.43 bits per heavy atom. The van der Waals surface area contributed by atoms with Crippen LogP contribution in [0.15, 0.2) is 29.3 Å². The number of aliphatic imine (C=N–C) groups is 1. The summed E-state index contributed by atoms with van der Waals surface area (Å²) in [5.74, 6) is 0.978. The topological polar surface area (TPSA) is 91.0 Å². The second-order valence-electron chi connectivity index (χ2n) is 7.47. The van der Waals surface area contributed by atoms with Crippen LogP contribution >= 0.6 is 24.0 Å². The number of nitrogens with two attached hydrogens (primary N) is 1. The number of carbonyl (C=O) groups is 2. The van der Waals surface area contributed by atoms with Crippen LogP contribution in [0.5, 0.6) is 0 Å². The summed E-state index contributed by atoms with van der Waals surface area (Å²) in [5.41, 5.74) is 7.14. The molecule has 0 radical (unpaired) electrons. The Morgan fingerprint density at radius 1 is 1.20 bits per heavy atom.